The topological polar surface area (TPSA) is 38.1 Å². The molecule has 4 fully saturated rings. The number of nitrogens with zero attached hydrogens (tertiary/aromatic N) is 2. The summed E-state index contributed by atoms with van der Waals surface area (Å²) in [5, 5.41) is 11.9. The zero-order chi connectivity index (χ0) is 16.6. The molecule has 2 aromatic rings. The number of aromatic nitrogens is 2. The molecule has 5 aliphatic rings. The van der Waals surface area contributed by atoms with Crippen LogP contribution in [-0.2, 0) is 0 Å². The van der Waals surface area contributed by atoms with Crippen molar-refractivity contribution in [1.29, 1.82) is 0 Å². The molecule has 1 aromatic heterocycles. The predicted molar refractivity (Wildman–Crippen MR) is 97.0 cm³/mol. The average molecular weight is 334 g/mol. The smallest absolute Gasteiger partial charge is 0.0956 e. The molecule has 0 spiro atoms. The van der Waals surface area contributed by atoms with Crippen LogP contribution in [0.25, 0.3) is 11.3 Å². The molecule has 25 heavy (non-hydrogen) atoms. The van der Waals surface area contributed by atoms with E-state index in [9.17, 15) is 5.11 Å². The number of hydrogen-bond donors (Lipinski definition) is 1. The number of rotatable bonds is 2. The molecule has 0 saturated heterocycles. The lowest BCUT2D eigenvalue weighted by molar-refractivity contribution is -0.0522. The minimum Gasteiger partial charge on any atom is -0.389 e. The molecule has 3 nitrogen and oxygen atoms in total. The number of hydrogen-bond acceptors (Lipinski definition) is 2. The second kappa shape index (κ2) is 4.97. The van der Waals surface area contributed by atoms with E-state index in [2.05, 4.69) is 33.8 Å². The highest BCUT2D eigenvalue weighted by molar-refractivity contribution is 5.68. The van der Waals surface area contributed by atoms with Gasteiger partial charge >= 0.3 is 0 Å². The van der Waals surface area contributed by atoms with Crippen molar-refractivity contribution in [3.8, 4) is 11.3 Å². The SMILES string of the molecule is OC1(C[C@@H]2c3ccccc3-c3cncn32)CC2CC3CC(C2)CC1C3. The van der Waals surface area contributed by atoms with E-state index in [0.29, 0.717) is 5.92 Å². The molecule has 130 valence electrons. The largest absolute Gasteiger partial charge is 0.389 e. The van der Waals surface area contributed by atoms with Gasteiger partial charge in [-0.05, 0) is 67.8 Å². The molecule has 4 bridgehead atoms. The molecule has 3 unspecified atom stereocenters. The number of benzene rings is 1. The Morgan fingerprint density at radius 3 is 2.64 bits per heavy atom. The summed E-state index contributed by atoms with van der Waals surface area (Å²) in [5.41, 5.74) is 3.38. The molecule has 4 atom stereocenters. The minimum atomic E-state index is -0.502. The second-order valence-corrected chi connectivity index (χ2v) is 9.27. The van der Waals surface area contributed by atoms with Gasteiger partial charge in [0.25, 0.3) is 0 Å². The predicted octanol–water partition coefficient (Wildman–Crippen LogP) is 4.42. The van der Waals surface area contributed by atoms with E-state index < -0.39 is 5.60 Å². The summed E-state index contributed by atoms with van der Waals surface area (Å²) < 4.78 is 2.30. The first-order chi connectivity index (χ1) is 12.2. The van der Waals surface area contributed by atoms with Gasteiger partial charge in [-0.15, -0.1) is 0 Å². The Morgan fingerprint density at radius 1 is 1.04 bits per heavy atom. The Hall–Kier alpha value is -1.61. The first kappa shape index (κ1) is 14.5. The quantitative estimate of drug-likeness (QED) is 0.883. The van der Waals surface area contributed by atoms with Gasteiger partial charge in [0, 0.05) is 12.0 Å². The van der Waals surface area contributed by atoms with Gasteiger partial charge in [0.05, 0.1) is 29.9 Å². The molecule has 1 aromatic carbocycles. The van der Waals surface area contributed by atoms with E-state index >= 15 is 0 Å². The van der Waals surface area contributed by atoms with Crippen LogP contribution in [0.1, 0.15) is 56.6 Å². The van der Waals surface area contributed by atoms with E-state index in [4.69, 9.17) is 0 Å². The fourth-order valence-electron chi connectivity index (χ4n) is 6.99. The Bertz CT molecular complexity index is 813. The van der Waals surface area contributed by atoms with Crippen LogP contribution < -0.4 is 0 Å². The summed E-state index contributed by atoms with van der Waals surface area (Å²) in [7, 11) is 0. The van der Waals surface area contributed by atoms with Crippen molar-refractivity contribution >= 4 is 0 Å². The van der Waals surface area contributed by atoms with Gasteiger partial charge in [0.15, 0.2) is 0 Å². The molecule has 4 saturated carbocycles. The lowest BCUT2D eigenvalue weighted by atomic mass is 9.66. The number of fused-ring (bicyclic) bond motifs is 4. The Balaban J connectivity index is 1.40. The van der Waals surface area contributed by atoms with Crippen LogP contribution in [-0.4, -0.2) is 20.3 Å². The third-order valence-corrected chi connectivity index (χ3v) is 7.78. The summed E-state index contributed by atoms with van der Waals surface area (Å²) in [6.07, 6.45) is 12.5. The summed E-state index contributed by atoms with van der Waals surface area (Å²) in [5.74, 6) is 3.02. The van der Waals surface area contributed by atoms with E-state index in [1.54, 1.807) is 0 Å². The van der Waals surface area contributed by atoms with Gasteiger partial charge < -0.3 is 9.67 Å². The van der Waals surface area contributed by atoms with Crippen molar-refractivity contribution in [2.75, 3.05) is 0 Å². The lowest BCUT2D eigenvalue weighted by Crippen LogP contribution is -2.41. The lowest BCUT2D eigenvalue weighted by Gasteiger charge is -2.42. The molecular formula is C22H26N2O. The molecule has 1 aliphatic heterocycles. The van der Waals surface area contributed by atoms with E-state index in [-0.39, 0.29) is 6.04 Å². The van der Waals surface area contributed by atoms with Gasteiger partial charge in [-0.2, -0.15) is 0 Å². The summed E-state index contributed by atoms with van der Waals surface area (Å²) in [6.45, 7) is 0. The molecule has 7 rings (SSSR count). The maximum absolute atomic E-state index is 11.9. The Kier molecular flexibility index (Phi) is 2.89. The highest BCUT2D eigenvalue weighted by Crippen LogP contribution is 2.57. The zero-order valence-electron chi connectivity index (χ0n) is 14.6. The van der Waals surface area contributed by atoms with Crippen molar-refractivity contribution < 1.29 is 5.11 Å². The van der Waals surface area contributed by atoms with Crippen molar-refractivity contribution in [2.24, 2.45) is 23.7 Å². The van der Waals surface area contributed by atoms with Gasteiger partial charge in [-0.1, -0.05) is 24.3 Å². The maximum Gasteiger partial charge on any atom is 0.0956 e. The third-order valence-electron chi connectivity index (χ3n) is 7.78. The van der Waals surface area contributed by atoms with E-state index in [0.717, 1.165) is 30.6 Å². The van der Waals surface area contributed by atoms with Crippen molar-refractivity contribution in [3.63, 3.8) is 0 Å². The van der Waals surface area contributed by atoms with Crippen molar-refractivity contribution in [3.05, 3.63) is 42.4 Å². The highest BCUT2D eigenvalue weighted by Gasteiger charge is 2.51. The van der Waals surface area contributed by atoms with Gasteiger partial charge in [0.1, 0.15) is 0 Å². The van der Waals surface area contributed by atoms with Crippen LogP contribution in [0, 0.1) is 23.7 Å². The zero-order valence-corrected chi connectivity index (χ0v) is 14.6. The Labute approximate surface area is 149 Å². The minimum absolute atomic E-state index is 0.245. The fourth-order valence-corrected chi connectivity index (χ4v) is 6.99. The van der Waals surface area contributed by atoms with Crippen LogP contribution in [0.3, 0.4) is 0 Å². The molecule has 1 N–H and O–H groups in total. The van der Waals surface area contributed by atoms with Gasteiger partial charge in [-0.3, -0.25) is 0 Å². The first-order valence-corrected chi connectivity index (χ1v) is 10.0. The standard InChI is InChI=1S/C22H26N2O/c25-22(10-16-6-14-5-15(7-16)9-17(22)8-14)11-20-18-3-1-2-4-19(18)21-12-23-13-24(20)21/h1-4,12-17,20,25H,5-11H2/t14?,15?,16?,17?,20-,22?/m1/s1. The molecular weight excluding hydrogens is 308 g/mol. The van der Waals surface area contributed by atoms with Crippen LogP contribution in [0.4, 0.5) is 0 Å². The Morgan fingerprint density at radius 2 is 1.80 bits per heavy atom. The number of aliphatic hydroxyl groups is 1. The number of imidazole rings is 1. The first-order valence-electron chi connectivity index (χ1n) is 10.0. The van der Waals surface area contributed by atoms with E-state index in [1.807, 2.05) is 12.5 Å². The van der Waals surface area contributed by atoms with Crippen molar-refractivity contribution in [1.82, 2.24) is 9.55 Å². The summed E-state index contributed by atoms with van der Waals surface area (Å²) in [6, 6.07) is 8.94. The normalized spacial score (nSPS) is 40.8. The highest BCUT2D eigenvalue weighted by atomic mass is 16.3. The molecule has 2 heterocycles. The average Bonchev–Trinajstić information content (AvgIpc) is 3.13. The van der Waals surface area contributed by atoms with Gasteiger partial charge in [0.2, 0.25) is 0 Å². The summed E-state index contributed by atoms with van der Waals surface area (Å²) >= 11 is 0. The molecule has 4 aliphatic carbocycles. The second-order valence-electron chi connectivity index (χ2n) is 9.27. The van der Waals surface area contributed by atoms with Crippen LogP contribution in [0.2, 0.25) is 0 Å². The molecule has 0 radical (unpaired) electrons. The molecule has 0 amide bonds. The van der Waals surface area contributed by atoms with Crippen LogP contribution in [0.15, 0.2) is 36.8 Å². The van der Waals surface area contributed by atoms with Crippen LogP contribution in [0.5, 0.6) is 0 Å². The fraction of sp³-hybridized carbons (Fsp3) is 0.591. The van der Waals surface area contributed by atoms with Gasteiger partial charge in [-0.25, -0.2) is 4.98 Å². The summed E-state index contributed by atoms with van der Waals surface area (Å²) in [4.78, 5) is 4.39. The monoisotopic (exact) mass is 334 g/mol. The van der Waals surface area contributed by atoms with Crippen molar-refractivity contribution in [2.45, 2.75) is 56.6 Å². The van der Waals surface area contributed by atoms with Crippen LogP contribution >= 0.6 is 0 Å². The maximum atomic E-state index is 11.9. The van der Waals surface area contributed by atoms with E-state index in [1.165, 1.54) is 48.9 Å². The molecule has 3 heteroatoms. The third kappa shape index (κ3) is 2.05.